The second kappa shape index (κ2) is 8.00. The first-order valence-electron chi connectivity index (χ1n) is 6.20. The van der Waals surface area contributed by atoms with Gasteiger partial charge in [-0.15, -0.1) is 11.8 Å². The average Bonchev–Trinajstić information content (AvgIpc) is 2.39. The van der Waals surface area contributed by atoms with Crippen molar-refractivity contribution >= 4 is 23.4 Å². The van der Waals surface area contributed by atoms with Gasteiger partial charge in [-0.05, 0) is 38.4 Å². The standard InChI is InChI=1S/C13H21ClN2OS/c1-3-7-16-13(2,10-17)6-9-18-12-11(14)5-4-8-15-12/h4-5,8,16-17H,3,6-7,9-10H2,1-2H3. The number of halogens is 1. The first-order valence-corrected chi connectivity index (χ1v) is 7.57. The first-order chi connectivity index (χ1) is 8.61. The van der Waals surface area contributed by atoms with Crippen LogP contribution < -0.4 is 5.32 Å². The fraction of sp³-hybridized carbons (Fsp3) is 0.615. The van der Waals surface area contributed by atoms with E-state index in [1.165, 1.54) is 0 Å². The van der Waals surface area contributed by atoms with Gasteiger partial charge in [-0.1, -0.05) is 18.5 Å². The van der Waals surface area contributed by atoms with Gasteiger partial charge in [0.15, 0.2) is 0 Å². The van der Waals surface area contributed by atoms with E-state index in [-0.39, 0.29) is 12.1 Å². The zero-order chi connectivity index (χ0) is 13.4. The van der Waals surface area contributed by atoms with Crippen LogP contribution in [0.3, 0.4) is 0 Å². The van der Waals surface area contributed by atoms with Crippen molar-refractivity contribution in [3.8, 4) is 0 Å². The number of hydrogen-bond donors (Lipinski definition) is 2. The van der Waals surface area contributed by atoms with Crippen LogP contribution in [0.4, 0.5) is 0 Å². The second-order valence-electron chi connectivity index (χ2n) is 4.53. The molecule has 0 bridgehead atoms. The van der Waals surface area contributed by atoms with E-state index in [4.69, 9.17) is 11.6 Å². The number of hydrogen-bond acceptors (Lipinski definition) is 4. The van der Waals surface area contributed by atoms with Crippen molar-refractivity contribution < 1.29 is 5.11 Å². The Morgan fingerprint density at radius 2 is 2.33 bits per heavy atom. The van der Waals surface area contributed by atoms with Crippen LogP contribution in [0.25, 0.3) is 0 Å². The molecular formula is C13H21ClN2OS. The van der Waals surface area contributed by atoms with Crippen LogP contribution in [-0.2, 0) is 0 Å². The van der Waals surface area contributed by atoms with Gasteiger partial charge in [-0.25, -0.2) is 4.98 Å². The van der Waals surface area contributed by atoms with Gasteiger partial charge >= 0.3 is 0 Å². The van der Waals surface area contributed by atoms with Gasteiger partial charge in [0.25, 0.3) is 0 Å². The molecule has 0 saturated heterocycles. The number of pyridine rings is 1. The average molecular weight is 289 g/mol. The molecule has 1 rings (SSSR count). The molecule has 0 fully saturated rings. The highest BCUT2D eigenvalue weighted by Gasteiger charge is 2.21. The van der Waals surface area contributed by atoms with E-state index in [1.807, 2.05) is 19.1 Å². The summed E-state index contributed by atoms with van der Waals surface area (Å²) in [5, 5.41) is 14.4. The topological polar surface area (TPSA) is 45.1 Å². The van der Waals surface area contributed by atoms with Crippen LogP contribution in [-0.4, -0.2) is 34.5 Å². The molecule has 1 atom stereocenters. The van der Waals surface area contributed by atoms with Gasteiger partial charge in [0, 0.05) is 17.5 Å². The van der Waals surface area contributed by atoms with Gasteiger partial charge < -0.3 is 10.4 Å². The minimum absolute atomic E-state index is 0.142. The van der Waals surface area contributed by atoms with Crippen molar-refractivity contribution in [2.75, 3.05) is 18.9 Å². The Kier molecular flexibility index (Phi) is 7.00. The molecule has 2 N–H and O–H groups in total. The smallest absolute Gasteiger partial charge is 0.115 e. The minimum Gasteiger partial charge on any atom is -0.394 e. The van der Waals surface area contributed by atoms with E-state index >= 15 is 0 Å². The Bertz CT molecular complexity index is 365. The zero-order valence-corrected chi connectivity index (χ0v) is 12.5. The maximum absolute atomic E-state index is 9.45. The lowest BCUT2D eigenvalue weighted by Gasteiger charge is -2.28. The SMILES string of the molecule is CCCNC(C)(CO)CCSc1ncccc1Cl. The number of nitrogens with one attached hydrogen (secondary N) is 1. The highest BCUT2D eigenvalue weighted by Crippen LogP contribution is 2.26. The minimum atomic E-state index is -0.218. The summed E-state index contributed by atoms with van der Waals surface area (Å²) in [5.41, 5.74) is -0.218. The molecule has 0 aliphatic carbocycles. The summed E-state index contributed by atoms with van der Waals surface area (Å²) in [5.74, 6) is 0.879. The molecule has 0 spiro atoms. The number of aliphatic hydroxyl groups is 1. The number of aliphatic hydroxyl groups excluding tert-OH is 1. The molecule has 18 heavy (non-hydrogen) atoms. The number of nitrogens with zero attached hydrogens (tertiary/aromatic N) is 1. The van der Waals surface area contributed by atoms with Crippen molar-refractivity contribution in [3.05, 3.63) is 23.4 Å². The summed E-state index contributed by atoms with van der Waals surface area (Å²) in [6, 6.07) is 3.67. The third-order valence-corrected chi connectivity index (χ3v) is 4.19. The Morgan fingerprint density at radius 3 is 2.94 bits per heavy atom. The third kappa shape index (κ3) is 5.14. The summed E-state index contributed by atoms with van der Waals surface area (Å²) >= 11 is 7.67. The fourth-order valence-electron chi connectivity index (χ4n) is 1.50. The van der Waals surface area contributed by atoms with Crippen molar-refractivity contribution in [1.29, 1.82) is 0 Å². The number of rotatable bonds is 8. The van der Waals surface area contributed by atoms with Crippen LogP contribution in [0.5, 0.6) is 0 Å². The highest BCUT2D eigenvalue weighted by molar-refractivity contribution is 7.99. The summed E-state index contributed by atoms with van der Waals surface area (Å²) < 4.78 is 0. The quantitative estimate of drug-likeness (QED) is 0.722. The van der Waals surface area contributed by atoms with Gasteiger partial charge in [0.1, 0.15) is 5.03 Å². The Labute approximate surface area is 118 Å². The van der Waals surface area contributed by atoms with Crippen molar-refractivity contribution in [1.82, 2.24) is 10.3 Å². The van der Waals surface area contributed by atoms with E-state index in [2.05, 4.69) is 17.2 Å². The number of thioether (sulfide) groups is 1. The van der Waals surface area contributed by atoms with Crippen molar-refractivity contribution in [2.24, 2.45) is 0 Å². The maximum Gasteiger partial charge on any atom is 0.115 e. The molecule has 5 heteroatoms. The van der Waals surface area contributed by atoms with Crippen LogP contribution in [0, 0.1) is 0 Å². The summed E-state index contributed by atoms with van der Waals surface area (Å²) in [6.07, 6.45) is 3.69. The Morgan fingerprint density at radius 1 is 1.56 bits per heavy atom. The molecule has 0 radical (unpaired) electrons. The molecule has 0 aliphatic heterocycles. The van der Waals surface area contributed by atoms with Crippen molar-refractivity contribution in [2.45, 2.75) is 37.3 Å². The second-order valence-corrected chi connectivity index (χ2v) is 6.03. The van der Waals surface area contributed by atoms with Gasteiger partial charge in [-0.3, -0.25) is 0 Å². The maximum atomic E-state index is 9.45. The van der Waals surface area contributed by atoms with Gasteiger partial charge in [0.2, 0.25) is 0 Å². The molecule has 102 valence electrons. The molecule has 1 aromatic heterocycles. The summed E-state index contributed by atoms with van der Waals surface area (Å²) in [6.45, 7) is 5.23. The lowest BCUT2D eigenvalue weighted by atomic mass is 10.0. The predicted molar refractivity (Wildman–Crippen MR) is 78.4 cm³/mol. The molecular weight excluding hydrogens is 268 g/mol. The summed E-state index contributed by atoms with van der Waals surface area (Å²) in [4.78, 5) is 4.23. The predicted octanol–water partition coefficient (Wildman–Crippen LogP) is 2.97. The van der Waals surface area contributed by atoms with E-state index in [0.29, 0.717) is 5.02 Å². The molecule has 1 aromatic rings. The van der Waals surface area contributed by atoms with Gasteiger partial charge in [0.05, 0.1) is 11.6 Å². The van der Waals surface area contributed by atoms with Crippen LogP contribution >= 0.6 is 23.4 Å². The van der Waals surface area contributed by atoms with E-state index in [9.17, 15) is 5.11 Å². The monoisotopic (exact) mass is 288 g/mol. The molecule has 1 heterocycles. The summed E-state index contributed by atoms with van der Waals surface area (Å²) in [7, 11) is 0. The fourth-order valence-corrected chi connectivity index (χ4v) is 2.87. The van der Waals surface area contributed by atoms with Gasteiger partial charge in [-0.2, -0.15) is 0 Å². The molecule has 0 aliphatic rings. The normalized spacial score (nSPS) is 14.4. The molecule has 3 nitrogen and oxygen atoms in total. The molecule has 1 unspecified atom stereocenters. The van der Waals surface area contributed by atoms with E-state index < -0.39 is 0 Å². The zero-order valence-electron chi connectivity index (χ0n) is 10.9. The van der Waals surface area contributed by atoms with Crippen molar-refractivity contribution in [3.63, 3.8) is 0 Å². The van der Waals surface area contributed by atoms with Crippen LogP contribution in [0.1, 0.15) is 26.7 Å². The lowest BCUT2D eigenvalue weighted by Crippen LogP contribution is -2.46. The Hall–Kier alpha value is -0.290. The third-order valence-electron chi connectivity index (χ3n) is 2.77. The van der Waals surface area contributed by atoms with E-state index in [0.717, 1.165) is 30.2 Å². The molecule has 0 aromatic carbocycles. The first kappa shape index (κ1) is 15.8. The number of aromatic nitrogens is 1. The molecule has 0 amide bonds. The molecule has 0 saturated carbocycles. The van der Waals surface area contributed by atoms with E-state index in [1.54, 1.807) is 18.0 Å². The van der Waals surface area contributed by atoms with Crippen LogP contribution in [0.2, 0.25) is 5.02 Å². The van der Waals surface area contributed by atoms with Crippen LogP contribution in [0.15, 0.2) is 23.4 Å². The highest BCUT2D eigenvalue weighted by atomic mass is 35.5. The lowest BCUT2D eigenvalue weighted by molar-refractivity contribution is 0.171. The Balaban J connectivity index is 2.42. The largest absolute Gasteiger partial charge is 0.394 e.